The summed E-state index contributed by atoms with van der Waals surface area (Å²) in [5, 5.41) is 4.45. The van der Waals surface area contributed by atoms with Crippen LogP contribution in [-0.4, -0.2) is 27.5 Å². The zero-order valence-electron chi connectivity index (χ0n) is 10.2. The van der Waals surface area contributed by atoms with Gasteiger partial charge in [0.15, 0.2) is 0 Å². The molecule has 0 atom stereocenters. The summed E-state index contributed by atoms with van der Waals surface area (Å²) in [7, 11) is -3.34. The van der Waals surface area contributed by atoms with Crippen molar-refractivity contribution in [2.45, 2.75) is 18.9 Å². The lowest BCUT2D eigenvalue weighted by atomic mass is 10.1. The van der Waals surface area contributed by atoms with Crippen LogP contribution >= 0.6 is 0 Å². The van der Waals surface area contributed by atoms with E-state index in [1.54, 1.807) is 6.08 Å². The van der Waals surface area contributed by atoms with Crippen molar-refractivity contribution in [3.05, 3.63) is 41.3 Å². The standard InChI is InChI=1S/C13H18N2O2S/c16-18(17,15-13-6-9-14-10-7-13)11-8-12-4-2-1-3-5-12/h1-5,8,11,13-15H,6-7,9-10H2/b11-8+. The third-order valence-corrected chi connectivity index (χ3v) is 4.07. The quantitative estimate of drug-likeness (QED) is 0.864. The Morgan fingerprint density at radius 2 is 1.83 bits per heavy atom. The molecule has 1 heterocycles. The van der Waals surface area contributed by atoms with Crippen LogP contribution in [0.15, 0.2) is 35.7 Å². The Kier molecular flexibility index (Phi) is 4.52. The van der Waals surface area contributed by atoms with Gasteiger partial charge in [-0.1, -0.05) is 30.3 Å². The van der Waals surface area contributed by atoms with Crippen LogP contribution in [0.4, 0.5) is 0 Å². The zero-order chi connectivity index (χ0) is 12.8. The van der Waals surface area contributed by atoms with Crippen LogP contribution < -0.4 is 10.0 Å². The Labute approximate surface area is 108 Å². The number of hydrogen-bond acceptors (Lipinski definition) is 3. The van der Waals surface area contributed by atoms with E-state index in [0.717, 1.165) is 31.5 Å². The Balaban J connectivity index is 1.96. The summed E-state index contributed by atoms with van der Waals surface area (Å²) in [6.07, 6.45) is 3.31. The van der Waals surface area contributed by atoms with Crippen molar-refractivity contribution in [2.24, 2.45) is 0 Å². The minimum absolute atomic E-state index is 0.0525. The van der Waals surface area contributed by atoms with Gasteiger partial charge in [0, 0.05) is 11.4 Å². The van der Waals surface area contributed by atoms with Crippen molar-refractivity contribution < 1.29 is 8.42 Å². The maximum Gasteiger partial charge on any atom is 0.233 e. The molecule has 1 aliphatic heterocycles. The van der Waals surface area contributed by atoms with Crippen molar-refractivity contribution in [1.29, 1.82) is 0 Å². The van der Waals surface area contributed by atoms with E-state index in [1.165, 1.54) is 5.41 Å². The molecule has 1 fully saturated rings. The minimum atomic E-state index is -3.34. The van der Waals surface area contributed by atoms with Gasteiger partial charge in [-0.05, 0) is 37.6 Å². The number of sulfonamides is 1. The second-order valence-corrected chi connectivity index (χ2v) is 6.00. The highest BCUT2D eigenvalue weighted by Crippen LogP contribution is 2.07. The van der Waals surface area contributed by atoms with Gasteiger partial charge in [0.1, 0.15) is 0 Å². The molecule has 2 N–H and O–H groups in total. The second-order valence-electron chi connectivity index (χ2n) is 4.40. The van der Waals surface area contributed by atoms with Crippen LogP contribution in [0.25, 0.3) is 6.08 Å². The summed E-state index contributed by atoms with van der Waals surface area (Å²) in [5.41, 5.74) is 0.883. The molecule has 0 saturated carbocycles. The summed E-state index contributed by atoms with van der Waals surface area (Å²) in [5.74, 6) is 0. The van der Waals surface area contributed by atoms with E-state index in [-0.39, 0.29) is 6.04 Å². The summed E-state index contributed by atoms with van der Waals surface area (Å²) in [6, 6.07) is 9.46. The molecule has 1 aromatic carbocycles. The highest BCUT2D eigenvalue weighted by molar-refractivity contribution is 7.92. The van der Waals surface area contributed by atoms with E-state index < -0.39 is 10.0 Å². The third-order valence-electron chi connectivity index (χ3n) is 2.91. The molecule has 1 saturated heterocycles. The van der Waals surface area contributed by atoms with Gasteiger partial charge in [-0.3, -0.25) is 0 Å². The summed E-state index contributed by atoms with van der Waals surface area (Å²) in [4.78, 5) is 0. The van der Waals surface area contributed by atoms with Crippen LogP contribution in [0.2, 0.25) is 0 Å². The topological polar surface area (TPSA) is 58.2 Å². The van der Waals surface area contributed by atoms with Gasteiger partial charge >= 0.3 is 0 Å². The predicted molar refractivity (Wildman–Crippen MR) is 73.4 cm³/mol. The van der Waals surface area contributed by atoms with Crippen molar-refractivity contribution in [2.75, 3.05) is 13.1 Å². The Bertz CT molecular complexity index is 491. The summed E-state index contributed by atoms with van der Waals surface area (Å²) >= 11 is 0. The molecule has 0 amide bonds. The van der Waals surface area contributed by atoms with E-state index in [4.69, 9.17) is 0 Å². The average molecular weight is 266 g/mol. The molecule has 98 valence electrons. The van der Waals surface area contributed by atoms with Gasteiger partial charge < -0.3 is 5.32 Å². The first-order valence-corrected chi connectivity index (χ1v) is 7.66. The molecule has 5 heteroatoms. The van der Waals surface area contributed by atoms with Crippen LogP contribution in [0.3, 0.4) is 0 Å². The monoisotopic (exact) mass is 266 g/mol. The fourth-order valence-electron chi connectivity index (χ4n) is 1.94. The maximum atomic E-state index is 11.9. The summed E-state index contributed by atoms with van der Waals surface area (Å²) in [6.45, 7) is 1.74. The Hall–Kier alpha value is -1.17. The number of benzene rings is 1. The fourth-order valence-corrected chi connectivity index (χ4v) is 3.06. The average Bonchev–Trinajstić information content (AvgIpc) is 2.38. The fraction of sp³-hybridized carbons (Fsp3) is 0.385. The third kappa shape index (κ3) is 4.25. The molecule has 1 aromatic rings. The smallest absolute Gasteiger partial charge is 0.233 e. The van der Waals surface area contributed by atoms with Crippen LogP contribution in [0.5, 0.6) is 0 Å². The molecule has 0 radical (unpaired) electrons. The number of hydrogen-bond donors (Lipinski definition) is 2. The van der Waals surface area contributed by atoms with Gasteiger partial charge in [-0.2, -0.15) is 0 Å². The largest absolute Gasteiger partial charge is 0.317 e. The summed E-state index contributed by atoms with van der Waals surface area (Å²) < 4.78 is 26.4. The second kappa shape index (κ2) is 6.13. The van der Waals surface area contributed by atoms with Gasteiger partial charge in [-0.25, -0.2) is 13.1 Å². The molecule has 0 aliphatic carbocycles. The van der Waals surface area contributed by atoms with E-state index >= 15 is 0 Å². The lowest BCUT2D eigenvalue weighted by Crippen LogP contribution is -2.41. The highest BCUT2D eigenvalue weighted by atomic mass is 32.2. The van der Waals surface area contributed by atoms with Gasteiger partial charge in [-0.15, -0.1) is 0 Å². The lowest BCUT2D eigenvalue weighted by Gasteiger charge is -2.22. The zero-order valence-corrected chi connectivity index (χ0v) is 11.0. The molecular weight excluding hydrogens is 248 g/mol. The first-order chi connectivity index (χ1) is 8.66. The number of rotatable bonds is 4. The van der Waals surface area contributed by atoms with Crippen molar-refractivity contribution in [3.8, 4) is 0 Å². The number of nitrogens with one attached hydrogen (secondary N) is 2. The van der Waals surface area contributed by atoms with Crippen LogP contribution in [-0.2, 0) is 10.0 Å². The molecule has 0 spiro atoms. The first kappa shape index (κ1) is 13.3. The Morgan fingerprint density at radius 3 is 2.50 bits per heavy atom. The molecule has 0 aromatic heterocycles. The minimum Gasteiger partial charge on any atom is -0.317 e. The van der Waals surface area contributed by atoms with E-state index in [0.29, 0.717) is 0 Å². The van der Waals surface area contributed by atoms with Crippen molar-refractivity contribution >= 4 is 16.1 Å². The van der Waals surface area contributed by atoms with E-state index in [1.807, 2.05) is 30.3 Å². The highest BCUT2D eigenvalue weighted by Gasteiger charge is 2.17. The van der Waals surface area contributed by atoms with Crippen molar-refractivity contribution in [1.82, 2.24) is 10.0 Å². The molecule has 1 aliphatic rings. The maximum absolute atomic E-state index is 11.9. The van der Waals surface area contributed by atoms with Gasteiger partial charge in [0.05, 0.1) is 0 Å². The SMILES string of the molecule is O=S(=O)(/C=C/c1ccccc1)NC1CCNCC1. The molecule has 0 unspecified atom stereocenters. The molecule has 18 heavy (non-hydrogen) atoms. The normalized spacial score (nSPS) is 18.2. The first-order valence-electron chi connectivity index (χ1n) is 6.12. The van der Waals surface area contributed by atoms with E-state index in [2.05, 4.69) is 10.0 Å². The number of piperidine rings is 1. The molecule has 4 nitrogen and oxygen atoms in total. The van der Waals surface area contributed by atoms with Crippen molar-refractivity contribution in [3.63, 3.8) is 0 Å². The molecule has 0 bridgehead atoms. The molecule has 2 rings (SSSR count). The van der Waals surface area contributed by atoms with Crippen LogP contribution in [0.1, 0.15) is 18.4 Å². The molecular formula is C13H18N2O2S. The predicted octanol–water partition coefficient (Wildman–Crippen LogP) is 1.33. The lowest BCUT2D eigenvalue weighted by molar-refractivity contribution is 0.429. The Morgan fingerprint density at radius 1 is 1.17 bits per heavy atom. The van der Waals surface area contributed by atoms with Gasteiger partial charge in [0.2, 0.25) is 10.0 Å². The van der Waals surface area contributed by atoms with Crippen LogP contribution in [0, 0.1) is 0 Å². The van der Waals surface area contributed by atoms with Gasteiger partial charge in [0.25, 0.3) is 0 Å². The van der Waals surface area contributed by atoms with E-state index in [9.17, 15) is 8.42 Å².